The number of benzene rings is 1. The molecule has 24 heavy (non-hydrogen) atoms. The van der Waals surface area contributed by atoms with Gasteiger partial charge in [-0.1, -0.05) is 39.8 Å². The summed E-state index contributed by atoms with van der Waals surface area (Å²) in [5, 5.41) is 4.49. The fraction of sp³-hybridized carbons (Fsp3) is 0.333. The van der Waals surface area contributed by atoms with Gasteiger partial charge in [-0.15, -0.1) is 0 Å². The Kier molecular flexibility index (Phi) is 3.33. The summed E-state index contributed by atoms with van der Waals surface area (Å²) in [5.41, 5.74) is 4.30. The summed E-state index contributed by atoms with van der Waals surface area (Å²) in [7, 11) is 0. The van der Waals surface area contributed by atoms with E-state index in [2.05, 4.69) is 47.7 Å². The van der Waals surface area contributed by atoms with Crippen molar-refractivity contribution in [1.29, 1.82) is 0 Å². The number of nitrogens with zero attached hydrogens (tertiary/aromatic N) is 5. The average molecular weight is 321 g/mol. The molecule has 0 bridgehead atoms. The third kappa shape index (κ3) is 2.18. The first-order chi connectivity index (χ1) is 11.6. The fourth-order valence-corrected chi connectivity index (χ4v) is 2.84. The maximum absolute atomic E-state index is 6.02. The number of oxazole rings is 1. The fourth-order valence-electron chi connectivity index (χ4n) is 2.84. The predicted molar refractivity (Wildman–Crippen MR) is 92.0 cm³/mol. The highest BCUT2D eigenvalue weighted by Gasteiger charge is 2.18. The highest BCUT2D eigenvalue weighted by atomic mass is 16.3. The molecule has 1 aromatic carbocycles. The lowest BCUT2D eigenvalue weighted by molar-refractivity contribution is 0.502. The largest absolute Gasteiger partial charge is 0.440 e. The van der Waals surface area contributed by atoms with Crippen molar-refractivity contribution in [1.82, 2.24) is 24.6 Å². The van der Waals surface area contributed by atoms with Crippen LogP contribution in [0.3, 0.4) is 0 Å². The van der Waals surface area contributed by atoms with Crippen molar-refractivity contribution in [2.45, 2.75) is 39.5 Å². The molecule has 6 heteroatoms. The van der Waals surface area contributed by atoms with Gasteiger partial charge in [-0.3, -0.25) is 0 Å². The zero-order valence-corrected chi connectivity index (χ0v) is 14.2. The standard InChI is InChI=1S/C18H19N5O/c1-10(2)16-19-9-20-17-13(8-21-23(16)17)12-6-5-7-14-15(12)24-18(22-14)11(3)4/h5-11H,1-4H3. The topological polar surface area (TPSA) is 69.1 Å². The molecule has 6 nitrogen and oxygen atoms in total. The molecular weight excluding hydrogens is 302 g/mol. The van der Waals surface area contributed by atoms with E-state index in [4.69, 9.17) is 4.42 Å². The average Bonchev–Trinajstić information content (AvgIpc) is 3.18. The van der Waals surface area contributed by atoms with E-state index in [0.717, 1.165) is 39.6 Å². The van der Waals surface area contributed by atoms with Crippen LogP contribution in [0.2, 0.25) is 0 Å². The Balaban J connectivity index is 1.98. The van der Waals surface area contributed by atoms with E-state index in [9.17, 15) is 0 Å². The maximum Gasteiger partial charge on any atom is 0.198 e. The lowest BCUT2D eigenvalue weighted by Crippen LogP contribution is -2.05. The molecule has 0 aliphatic rings. The molecule has 3 heterocycles. The van der Waals surface area contributed by atoms with Crippen LogP contribution in [0.1, 0.15) is 51.2 Å². The van der Waals surface area contributed by atoms with Crippen molar-refractivity contribution < 1.29 is 4.42 Å². The molecular formula is C18H19N5O. The van der Waals surface area contributed by atoms with Crippen molar-refractivity contribution in [3.63, 3.8) is 0 Å². The monoisotopic (exact) mass is 321 g/mol. The van der Waals surface area contributed by atoms with Gasteiger partial charge in [0.25, 0.3) is 0 Å². The lowest BCUT2D eigenvalue weighted by Gasteiger charge is -2.06. The number of hydrogen-bond donors (Lipinski definition) is 0. The maximum atomic E-state index is 6.02. The van der Waals surface area contributed by atoms with Crippen molar-refractivity contribution in [2.75, 3.05) is 0 Å². The number of aromatic nitrogens is 5. The molecule has 0 N–H and O–H groups in total. The summed E-state index contributed by atoms with van der Waals surface area (Å²) < 4.78 is 7.82. The second kappa shape index (κ2) is 5.40. The van der Waals surface area contributed by atoms with E-state index < -0.39 is 0 Å². The number of fused-ring (bicyclic) bond motifs is 2. The van der Waals surface area contributed by atoms with Crippen LogP contribution in [0.4, 0.5) is 0 Å². The molecule has 3 aromatic heterocycles. The van der Waals surface area contributed by atoms with E-state index in [1.165, 1.54) is 0 Å². The molecule has 0 fully saturated rings. The van der Waals surface area contributed by atoms with E-state index in [1.54, 1.807) is 10.8 Å². The quantitative estimate of drug-likeness (QED) is 0.566. The van der Waals surface area contributed by atoms with Crippen molar-refractivity contribution >= 4 is 16.7 Å². The highest BCUT2D eigenvalue weighted by molar-refractivity contribution is 5.94. The first kappa shape index (κ1) is 14.8. The van der Waals surface area contributed by atoms with Crippen LogP contribution in [-0.4, -0.2) is 24.6 Å². The molecule has 0 saturated carbocycles. The zero-order chi connectivity index (χ0) is 16.8. The summed E-state index contributed by atoms with van der Waals surface area (Å²) in [6, 6.07) is 5.97. The molecule has 0 saturated heterocycles. The van der Waals surface area contributed by atoms with Gasteiger partial charge in [-0.25, -0.2) is 19.5 Å². The molecule has 0 amide bonds. The van der Waals surface area contributed by atoms with Crippen molar-refractivity contribution in [3.8, 4) is 11.1 Å². The summed E-state index contributed by atoms with van der Waals surface area (Å²) in [6.07, 6.45) is 3.41. The minimum Gasteiger partial charge on any atom is -0.440 e. The molecule has 122 valence electrons. The lowest BCUT2D eigenvalue weighted by atomic mass is 10.1. The Labute approximate surface area is 139 Å². The first-order valence-electron chi connectivity index (χ1n) is 8.14. The van der Waals surface area contributed by atoms with Gasteiger partial charge in [0.15, 0.2) is 17.1 Å². The van der Waals surface area contributed by atoms with Gasteiger partial charge >= 0.3 is 0 Å². The van der Waals surface area contributed by atoms with Crippen molar-refractivity contribution in [3.05, 3.63) is 42.4 Å². The van der Waals surface area contributed by atoms with Crippen LogP contribution in [0, 0.1) is 0 Å². The number of para-hydroxylation sites is 1. The number of hydrogen-bond acceptors (Lipinski definition) is 5. The van der Waals surface area contributed by atoms with Gasteiger partial charge < -0.3 is 4.42 Å². The molecule has 0 aliphatic carbocycles. The van der Waals surface area contributed by atoms with E-state index >= 15 is 0 Å². The third-order valence-electron chi connectivity index (χ3n) is 4.06. The van der Waals surface area contributed by atoms with Gasteiger partial charge in [0.1, 0.15) is 17.7 Å². The zero-order valence-electron chi connectivity index (χ0n) is 14.2. The number of rotatable bonds is 3. The summed E-state index contributed by atoms with van der Waals surface area (Å²) in [6.45, 7) is 8.33. The molecule has 0 aliphatic heterocycles. The summed E-state index contributed by atoms with van der Waals surface area (Å²) >= 11 is 0. The first-order valence-corrected chi connectivity index (χ1v) is 8.14. The molecule has 4 rings (SSSR count). The molecule has 0 radical (unpaired) electrons. The smallest absolute Gasteiger partial charge is 0.198 e. The van der Waals surface area contributed by atoms with Crippen LogP contribution in [-0.2, 0) is 0 Å². The SMILES string of the molecule is CC(C)c1nc2cccc(-c3cnn4c(C(C)C)ncnc34)c2o1. The minimum atomic E-state index is 0.240. The van der Waals surface area contributed by atoms with Crippen LogP contribution in [0.25, 0.3) is 27.9 Å². The van der Waals surface area contributed by atoms with Gasteiger partial charge in [0.05, 0.1) is 11.8 Å². The van der Waals surface area contributed by atoms with E-state index in [-0.39, 0.29) is 11.8 Å². The van der Waals surface area contributed by atoms with E-state index in [1.807, 2.05) is 24.4 Å². The second-order valence-electron chi connectivity index (χ2n) is 6.54. The summed E-state index contributed by atoms with van der Waals surface area (Å²) in [5.74, 6) is 2.13. The molecule has 0 spiro atoms. The molecule has 0 atom stereocenters. The highest BCUT2D eigenvalue weighted by Crippen LogP contribution is 2.33. The Morgan fingerprint density at radius 2 is 1.83 bits per heavy atom. The Hall–Kier alpha value is -2.76. The van der Waals surface area contributed by atoms with E-state index in [0.29, 0.717) is 0 Å². The Morgan fingerprint density at radius 1 is 1.00 bits per heavy atom. The third-order valence-corrected chi connectivity index (χ3v) is 4.06. The predicted octanol–water partition coefficient (Wildman–Crippen LogP) is 4.18. The van der Waals surface area contributed by atoms with Gasteiger partial charge in [-0.05, 0) is 6.07 Å². The van der Waals surface area contributed by atoms with Crippen LogP contribution in [0.15, 0.2) is 35.1 Å². The Morgan fingerprint density at radius 3 is 2.58 bits per heavy atom. The van der Waals surface area contributed by atoms with Crippen LogP contribution in [0.5, 0.6) is 0 Å². The molecule has 0 unspecified atom stereocenters. The minimum absolute atomic E-state index is 0.240. The summed E-state index contributed by atoms with van der Waals surface area (Å²) in [4.78, 5) is 13.4. The van der Waals surface area contributed by atoms with Crippen LogP contribution >= 0.6 is 0 Å². The van der Waals surface area contributed by atoms with Crippen molar-refractivity contribution in [2.24, 2.45) is 0 Å². The molecule has 4 aromatic rings. The Bertz CT molecular complexity index is 1030. The van der Waals surface area contributed by atoms with Gasteiger partial charge in [0.2, 0.25) is 0 Å². The van der Waals surface area contributed by atoms with Crippen LogP contribution < -0.4 is 0 Å². The van der Waals surface area contributed by atoms with Gasteiger partial charge in [-0.2, -0.15) is 5.10 Å². The normalized spacial score (nSPS) is 12.1. The second-order valence-corrected chi connectivity index (χ2v) is 6.54. The van der Waals surface area contributed by atoms with Gasteiger partial charge in [0, 0.05) is 17.4 Å².